The zero-order valence-corrected chi connectivity index (χ0v) is 13.2. The topological polar surface area (TPSA) is 26.3 Å². The molecule has 0 heterocycles. The molecule has 0 amide bonds. The first kappa shape index (κ1) is 15.4. The Labute approximate surface area is 126 Å². The van der Waals surface area contributed by atoms with Gasteiger partial charge in [0.25, 0.3) is 0 Å². The SMILES string of the molecule is COc1ccc(Cl)cc1CC1CC(C(C)C)CCC1=O. The molecule has 2 nitrogen and oxygen atoms in total. The number of methoxy groups -OCH3 is 1. The summed E-state index contributed by atoms with van der Waals surface area (Å²) >= 11 is 6.07. The second kappa shape index (κ2) is 6.62. The normalized spacial score (nSPS) is 23.1. The summed E-state index contributed by atoms with van der Waals surface area (Å²) in [5.41, 5.74) is 1.04. The van der Waals surface area contributed by atoms with E-state index in [1.807, 2.05) is 18.2 Å². The molecule has 1 aliphatic carbocycles. The summed E-state index contributed by atoms with van der Waals surface area (Å²) in [5.74, 6) is 2.64. The first-order valence-corrected chi connectivity index (χ1v) is 7.74. The number of benzene rings is 1. The Morgan fingerprint density at radius 1 is 1.40 bits per heavy atom. The maximum Gasteiger partial charge on any atom is 0.136 e. The van der Waals surface area contributed by atoms with E-state index in [9.17, 15) is 4.79 Å². The maximum absolute atomic E-state index is 12.2. The van der Waals surface area contributed by atoms with Gasteiger partial charge in [-0.15, -0.1) is 0 Å². The molecule has 3 heteroatoms. The minimum Gasteiger partial charge on any atom is -0.496 e. The molecule has 110 valence electrons. The van der Waals surface area contributed by atoms with Gasteiger partial charge >= 0.3 is 0 Å². The van der Waals surface area contributed by atoms with Crippen LogP contribution in [0.1, 0.15) is 38.7 Å². The van der Waals surface area contributed by atoms with E-state index in [1.165, 1.54) is 0 Å². The largest absolute Gasteiger partial charge is 0.496 e. The highest BCUT2D eigenvalue weighted by molar-refractivity contribution is 6.30. The van der Waals surface area contributed by atoms with Crippen LogP contribution in [-0.4, -0.2) is 12.9 Å². The van der Waals surface area contributed by atoms with Crippen LogP contribution in [0.4, 0.5) is 0 Å². The molecule has 0 spiro atoms. The van der Waals surface area contributed by atoms with Gasteiger partial charge in [0.1, 0.15) is 11.5 Å². The van der Waals surface area contributed by atoms with Crippen molar-refractivity contribution in [2.75, 3.05) is 7.11 Å². The Morgan fingerprint density at radius 3 is 2.80 bits per heavy atom. The highest BCUT2D eigenvalue weighted by atomic mass is 35.5. The molecular formula is C17H23ClO2. The molecule has 0 aromatic heterocycles. The highest BCUT2D eigenvalue weighted by Crippen LogP contribution is 2.35. The number of rotatable bonds is 4. The lowest BCUT2D eigenvalue weighted by molar-refractivity contribution is -0.125. The maximum atomic E-state index is 12.2. The van der Waals surface area contributed by atoms with Crippen LogP contribution in [-0.2, 0) is 11.2 Å². The van der Waals surface area contributed by atoms with Crippen LogP contribution in [0.2, 0.25) is 5.02 Å². The molecule has 0 radical (unpaired) electrons. The number of Topliss-reactive ketones (excluding diaryl/α,β-unsaturated/α-hetero) is 1. The van der Waals surface area contributed by atoms with Crippen molar-refractivity contribution in [3.8, 4) is 5.75 Å². The first-order chi connectivity index (χ1) is 9.51. The van der Waals surface area contributed by atoms with Crippen molar-refractivity contribution in [2.24, 2.45) is 17.8 Å². The number of carbonyl (C=O) groups excluding carboxylic acids is 1. The van der Waals surface area contributed by atoms with Crippen molar-refractivity contribution in [3.63, 3.8) is 0 Å². The number of carbonyl (C=O) groups is 1. The second-order valence-corrected chi connectivity index (χ2v) is 6.54. The zero-order valence-electron chi connectivity index (χ0n) is 12.5. The fourth-order valence-electron chi connectivity index (χ4n) is 3.12. The predicted molar refractivity (Wildman–Crippen MR) is 82.4 cm³/mol. The molecule has 1 aliphatic rings. The minimum atomic E-state index is 0.114. The number of ketones is 1. The molecule has 0 aliphatic heterocycles. The van der Waals surface area contributed by atoms with Crippen molar-refractivity contribution >= 4 is 17.4 Å². The number of hydrogen-bond acceptors (Lipinski definition) is 2. The molecule has 1 saturated carbocycles. The lowest BCUT2D eigenvalue weighted by Crippen LogP contribution is -2.29. The summed E-state index contributed by atoms with van der Waals surface area (Å²) < 4.78 is 5.38. The van der Waals surface area contributed by atoms with Gasteiger partial charge in [-0.05, 0) is 54.9 Å². The Kier molecular flexibility index (Phi) is 5.09. The number of ether oxygens (including phenoxy) is 1. The molecule has 1 aromatic carbocycles. The smallest absolute Gasteiger partial charge is 0.136 e. The third-order valence-corrected chi connectivity index (χ3v) is 4.69. The molecular weight excluding hydrogens is 272 g/mol. The van der Waals surface area contributed by atoms with Crippen molar-refractivity contribution in [1.82, 2.24) is 0 Å². The van der Waals surface area contributed by atoms with Crippen molar-refractivity contribution in [2.45, 2.75) is 39.5 Å². The molecule has 0 saturated heterocycles. The zero-order chi connectivity index (χ0) is 14.7. The van der Waals surface area contributed by atoms with E-state index in [0.29, 0.717) is 22.6 Å². The van der Waals surface area contributed by atoms with Gasteiger partial charge in [-0.2, -0.15) is 0 Å². The van der Waals surface area contributed by atoms with Crippen molar-refractivity contribution < 1.29 is 9.53 Å². The molecule has 1 aromatic rings. The van der Waals surface area contributed by atoms with Crippen LogP contribution in [0.25, 0.3) is 0 Å². The minimum absolute atomic E-state index is 0.114. The van der Waals surface area contributed by atoms with Crippen LogP contribution in [0, 0.1) is 17.8 Å². The average molecular weight is 295 g/mol. The van der Waals surface area contributed by atoms with Gasteiger partial charge in [-0.1, -0.05) is 25.4 Å². The second-order valence-electron chi connectivity index (χ2n) is 6.10. The van der Waals surface area contributed by atoms with Gasteiger partial charge in [-0.3, -0.25) is 4.79 Å². The van der Waals surface area contributed by atoms with E-state index in [2.05, 4.69) is 13.8 Å². The van der Waals surface area contributed by atoms with E-state index in [-0.39, 0.29) is 5.92 Å². The molecule has 0 bridgehead atoms. The summed E-state index contributed by atoms with van der Waals surface area (Å²) in [4.78, 5) is 12.2. The quantitative estimate of drug-likeness (QED) is 0.815. The Bertz CT molecular complexity index is 482. The van der Waals surface area contributed by atoms with Gasteiger partial charge in [0.05, 0.1) is 7.11 Å². The molecule has 2 atom stereocenters. The van der Waals surface area contributed by atoms with Crippen LogP contribution in [0.3, 0.4) is 0 Å². The fraction of sp³-hybridized carbons (Fsp3) is 0.588. The van der Waals surface area contributed by atoms with Crippen LogP contribution < -0.4 is 4.74 Å². The van der Waals surface area contributed by atoms with Gasteiger partial charge in [0.2, 0.25) is 0 Å². The lowest BCUT2D eigenvalue weighted by Gasteiger charge is -2.31. The third kappa shape index (κ3) is 3.54. The van der Waals surface area contributed by atoms with Gasteiger partial charge in [0, 0.05) is 17.4 Å². The molecule has 20 heavy (non-hydrogen) atoms. The fourth-order valence-corrected chi connectivity index (χ4v) is 3.32. The summed E-state index contributed by atoms with van der Waals surface area (Å²) in [5, 5.41) is 0.699. The van der Waals surface area contributed by atoms with Gasteiger partial charge in [0.15, 0.2) is 0 Å². The lowest BCUT2D eigenvalue weighted by atomic mass is 9.73. The summed E-state index contributed by atoms with van der Waals surface area (Å²) in [6.45, 7) is 4.50. The Morgan fingerprint density at radius 2 is 2.15 bits per heavy atom. The average Bonchev–Trinajstić information content (AvgIpc) is 2.41. The Hall–Kier alpha value is -1.02. The Balaban J connectivity index is 2.15. The van der Waals surface area contributed by atoms with Crippen molar-refractivity contribution in [1.29, 1.82) is 0 Å². The summed E-state index contributed by atoms with van der Waals surface area (Å²) in [6, 6.07) is 5.63. The molecule has 2 rings (SSSR count). The summed E-state index contributed by atoms with van der Waals surface area (Å²) in [6.07, 6.45) is 3.49. The monoisotopic (exact) mass is 294 g/mol. The van der Waals surface area contributed by atoms with E-state index in [4.69, 9.17) is 16.3 Å². The number of halogens is 1. The van der Waals surface area contributed by atoms with E-state index < -0.39 is 0 Å². The van der Waals surface area contributed by atoms with E-state index in [0.717, 1.165) is 37.0 Å². The third-order valence-electron chi connectivity index (χ3n) is 4.46. The van der Waals surface area contributed by atoms with Crippen LogP contribution in [0.5, 0.6) is 5.75 Å². The van der Waals surface area contributed by atoms with Crippen LogP contribution in [0.15, 0.2) is 18.2 Å². The first-order valence-electron chi connectivity index (χ1n) is 7.36. The highest BCUT2D eigenvalue weighted by Gasteiger charge is 2.30. The molecule has 0 N–H and O–H groups in total. The standard InChI is InChI=1S/C17H23ClO2/c1-11(2)12-4-6-16(19)13(8-12)9-14-10-15(18)5-7-17(14)20-3/h5,7,10-13H,4,6,8-9H2,1-3H3. The predicted octanol–water partition coefficient (Wildman–Crippen LogP) is 4.53. The van der Waals surface area contributed by atoms with E-state index >= 15 is 0 Å². The molecule has 1 fully saturated rings. The number of hydrogen-bond donors (Lipinski definition) is 0. The van der Waals surface area contributed by atoms with Gasteiger partial charge < -0.3 is 4.74 Å². The van der Waals surface area contributed by atoms with Crippen molar-refractivity contribution in [3.05, 3.63) is 28.8 Å². The van der Waals surface area contributed by atoms with Crippen LogP contribution >= 0.6 is 11.6 Å². The molecule has 2 unspecified atom stereocenters. The summed E-state index contributed by atoms with van der Waals surface area (Å²) in [7, 11) is 1.66. The van der Waals surface area contributed by atoms with Gasteiger partial charge in [-0.25, -0.2) is 0 Å². The van der Waals surface area contributed by atoms with E-state index in [1.54, 1.807) is 7.11 Å².